The van der Waals surface area contributed by atoms with Crippen LogP contribution >= 0.6 is 11.6 Å². The number of hydrogen-bond acceptors (Lipinski definition) is 4. The van der Waals surface area contributed by atoms with Gasteiger partial charge in [-0.3, -0.25) is 19.7 Å². The van der Waals surface area contributed by atoms with Gasteiger partial charge in [-0.05, 0) is 55.0 Å². The molecule has 0 spiro atoms. The molecule has 7 nitrogen and oxygen atoms in total. The molecule has 29 heavy (non-hydrogen) atoms. The van der Waals surface area contributed by atoms with Gasteiger partial charge in [-0.1, -0.05) is 23.7 Å². The van der Waals surface area contributed by atoms with Crippen LogP contribution in [0.2, 0.25) is 5.02 Å². The summed E-state index contributed by atoms with van der Waals surface area (Å²) >= 11 is 5.84. The van der Waals surface area contributed by atoms with Gasteiger partial charge in [-0.25, -0.2) is 0 Å². The molecule has 0 aliphatic heterocycles. The third-order valence-corrected chi connectivity index (χ3v) is 4.42. The van der Waals surface area contributed by atoms with E-state index in [1.54, 1.807) is 42.5 Å². The highest BCUT2D eigenvalue weighted by Gasteiger charge is 2.13. The van der Waals surface area contributed by atoms with Gasteiger partial charge in [0.05, 0.1) is 4.92 Å². The number of nitro benzene ring substituents is 1. The van der Waals surface area contributed by atoms with Crippen LogP contribution in [0.3, 0.4) is 0 Å². The molecule has 3 aromatic rings. The van der Waals surface area contributed by atoms with Gasteiger partial charge in [0.25, 0.3) is 17.5 Å². The number of nitrogens with one attached hydrogen (secondary N) is 2. The lowest BCUT2D eigenvalue weighted by molar-refractivity contribution is -0.384. The molecule has 146 valence electrons. The molecule has 0 atom stereocenters. The fourth-order valence-electron chi connectivity index (χ4n) is 2.59. The molecule has 0 bridgehead atoms. The van der Waals surface area contributed by atoms with Crippen molar-refractivity contribution in [2.45, 2.75) is 6.92 Å². The molecule has 2 amide bonds. The minimum absolute atomic E-state index is 0.159. The normalized spacial score (nSPS) is 10.3. The summed E-state index contributed by atoms with van der Waals surface area (Å²) in [5.41, 5.74) is 2.21. The van der Waals surface area contributed by atoms with Crippen molar-refractivity contribution < 1.29 is 14.5 Å². The van der Waals surface area contributed by atoms with Gasteiger partial charge in [0.2, 0.25) is 0 Å². The molecule has 3 rings (SSSR count). The highest BCUT2D eigenvalue weighted by Crippen LogP contribution is 2.22. The predicted octanol–water partition coefficient (Wildman–Crippen LogP) is 5.06. The maximum atomic E-state index is 12.4. The zero-order valence-corrected chi connectivity index (χ0v) is 16.1. The predicted molar refractivity (Wildman–Crippen MR) is 112 cm³/mol. The van der Waals surface area contributed by atoms with Crippen LogP contribution in [0, 0.1) is 17.0 Å². The van der Waals surface area contributed by atoms with Gasteiger partial charge < -0.3 is 10.6 Å². The molecule has 0 aliphatic carbocycles. The lowest BCUT2D eigenvalue weighted by atomic mass is 10.1. The average molecular weight is 410 g/mol. The average Bonchev–Trinajstić information content (AvgIpc) is 2.71. The number of anilines is 2. The van der Waals surface area contributed by atoms with Crippen LogP contribution in [0.15, 0.2) is 66.7 Å². The molecule has 0 fully saturated rings. The van der Waals surface area contributed by atoms with E-state index in [1.807, 2.05) is 6.92 Å². The highest BCUT2D eigenvalue weighted by molar-refractivity contribution is 6.30. The second-order valence-corrected chi connectivity index (χ2v) is 6.69. The Labute approximate surface area is 171 Å². The first kappa shape index (κ1) is 20.0. The largest absolute Gasteiger partial charge is 0.322 e. The second-order valence-electron chi connectivity index (χ2n) is 6.25. The van der Waals surface area contributed by atoms with E-state index >= 15 is 0 Å². The van der Waals surface area contributed by atoms with E-state index in [1.165, 1.54) is 24.3 Å². The molecule has 0 aliphatic rings. The Balaban J connectivity index is 1.77. The van der Waals surface area contributed by atoms with Gasteiger partial charge in [-0.2, -0.15) is 0 Å². The van der Waals surface area contributed by atoms with Crippen LogP contribution in [-0.2, 0) is 0 Å². The van der Waals surface area contributed by atoms with Gasteiger partial charge >= 0.3 is 0 Å². The molecule has 0 saturated carbocycles. The summed E-state index contributed by atoms with van der Waals surface area (Å²) in [6.45, 7) is 1.82. The molecule has 0 radical (unpaired) electrons. The van der Waals surface area contributed by atoms with E-state index < -0.39 is 10.8 Å². The molecule has 0 unspecified atom stereocenters. The van der Waals surface area contributed by atoms with Crippen molar-refractivity contribution in [3.63, 3.8) is 0 Å². The van der Waals surface area contributed by atoms with Gasteiger partial charge in [0, 0.05) is 39.7 Å². The fourth-order valence-corrected chi connectivity index (χ4v) is 2.72. The van der Waals surface area contributed by atoms with Crippen LogP contribution in [0.25, 0.3) is 0 Å². The number of amides is 2. The Bertz CT molecular complexity index is 1100. The van der Waals surface area contributed by atoms with Crippen LogP contribution in [-0.4, -0.2) is 16.7 Å². The number of non-ortho nitro benzene ring substituents is 1. The molecule has 3 aromatic carbocycles. The number of nitro groups is 1. The maximum absolute atomic E-state index is 12.4. The van der Waals surface area contributed by atoms with Crippen molar-refractivity contribution in [1.29, 1.82) is 0 Å². The van der Waals surface area contributed by atoms with Crippen LogP contribution in [0.5, 0.6) is 0 Å². The number of nitrogens with zero attached hydrogens (tertiary/aromatic N) is 1. The first-order valence-corrected chi connectivity index (χ1v) is 8.94. The van der Waals surface area contributed by atoms with Crippen molar-refractivity contribution in [3.8, 4) is 0 Å². The number of hydrogen-bond donors (Lipinski definition) is 2. The Morgan fingerprint density at radius 2 is 1.59 bits per heavy atom. The fraction of sp³-hybridized carbons (Fsp3) is 0.0476. The lowest BCUT2D eigenvalue weighted by Crippen LogP contribution is -2.15. The number of aryl methyl sites for hydroxylation is 1. The van der Waals surface area contributed by atoms with Crippen molar-refractivity contribution in [3.05, 3.63) is 98.6 Å². The number of carbonyl (C=O) groups is 2. The maximum Gasteiger partial charge on any atom is 0.270 e. The first-order valence-electron chi connectivity index (χ1n) is 8.57. The summed E-state index contributed by atoms with van der Waals surface area (Å²) in [7, 11) is 0. The van der Waals surface area contributed by atoms with Crippen molar-refractivity contribution in [2.24, 2.45) is 0 Å². The van der Waals surface area contributed by atoms with E-state index in [9.17, 15) is 19.7 Å². The lowest BCUT2D eigenvalue weighted by Gasteiger charge is -2.12. The van der Waals surface area contributed by atoms with Gasteiger partial charge in [0.1, 0.15) is 0 Å². The summed E-state index contributed by atoms with van der Waals surface area (Å²) in [4.78, 5) is 35.2. The Kier molecular flexibility index (Phi) is 5.90. The topological polar surface area (TPSA) is 101 Å². The summed E-state index contributed by atoms with van der Waals surface area (Å²) < 4.78 is 0. The van der Waals surface area contributed by atoms with Crippen LogP contribution < -0.4 is 10.6 Å². The molecule has 0 aromatic heterocycles. The minimum atomic E-state index is -0.562. The van der Waals surface area contributed by atoms with E-state index in [0.717, 1.165) is 5.56 Å². The van der Waals surface area contributed by atoms with Crippen LogP contribution in [0.4, 0.5) is 17.1 Å². The summed E-state index contributed by atoms with van der Waals surface area (Å²) in [6.07, 6.45) is 0. The monoisotopic (exact) mass is 409 g/mol. The Hall–Kier alpha value is -3.71. The second kappa shape index (κ2) is 8.53. The highest BCUT2D eigenvalue weighted by atomic mass is 35.5. The number of benzene rings is 3. The minimum Gasteiger partial charge on any atom is -0.322 e. The third-order valence-electron chi connectivity index (χ3n) is 4.17. The molecule has 0 saturated heterocycles. The van der Waals surface area contributed by atoms with Gasteiger partial charge in [-0.15, -0.1) is 0 Å². The SMILES string of the molecule is Cc1ccc(NC(=O)c2cccc([N+](=O)[O-])c2)cc1NC(=O)c1ccc(Cl)cc1. The van der Waals surface area contributed by atoms with E-state index in [2.05, 4.69) is 10.6 Å². The van der Waals surface area contributed by atoms with Crippen molar-refractivity contribution >= 4 is 40.5 Å². The zero-order valence-electron chi connectivity index (χ0n) is 15.3. The van der Waals surface area contributed by atoms with Crippen molar-refractivity contribution in [1.82, 2.24) is 0 Å². The third kappa shape index (κ3) is 4.97. The Morgan fingerprint density at radius 1 is 0.897 bits per heavy atom. The summed E-state index contributed by atoms with van der Waals surface area (Å²) in [5.74, 6) is -0.806. The molecular formula is C21H16ClN3O4. The molecule has 8 heteroatoms. The van der Waals surface area contributed by atoms with E-state index in [0.29, 0.717) is 22.0 Å². The van der Waals surface area contributed by atoms with Gasteiger partial charge in [0.15, 0.2) is 0 Å². The molecule has 0 heterocycles. The number of halogens is 1. The standard InChI is InChI=1S/C21H16ClN3O4/c1-13-5-10-17(23-21(27)15-3-2-4-18(11-15)25(28)29)12-19(13)24-20(26)14-6-8-16(22)9-7-14/h2-12H,1H3,(H,23,27)(H,24,26). The number of rotatable bonds is 5. The quantitative estimate of drug-likeness (QED) is 0.454. The first-order chi connectivity index (χ1) is 13.8. The van der Waals surface area contributed by atoms with E-state index in [-0.39, 0.29) is 17.2 Å². The Morgan fingerprint density at radius 3 is 2.28 bits per heavy atom. The molecule has 2 N–H and O–H groups in total. The van der Waals surface area contributed by atoms with Crippen LogP contribution in [0.1, 0.15) is 26.3 Å². The smallest absolute Gasteiger partial charge is 0.270 e. The summed E-state index contributed by atoms with van der Waals surface area (Å²) in [5, 5.41) is 16.9. The zero-order chi connectivity index (χ0) is 21.0. The summed E-state index contributed by atoms with van der Waals surface area (Å²) in [6, 6.07) is 17.0. The molecular weight excluding hydrogens is 394 g/mol. The van der Waals surface area contributed by atoms with E-state index in [4.69, 9.17) is 11.6 Å². The number of carbonyl (C=O) groups excluding carboxylic acids is 2. The van der Waals surface area contributed by atoms with Crippen molar-refractivity contribution in [2.75, 3.05) is 10.6 Å².